The van der Waals surface area contributed by atoms with Gasteiger partial charge >= 0.3 is 0 Å². The van der Waals surface area contributed by atoms with Gasteiger partial charge in [0.1, 0.15) is 6.29 Å². The van der Waals surface area contributed by atoms with Gasteiger partial charge in [-0.25, -0.2) is 0 Å². The van der Waals surface area contributed by atoms with Crippen molar-refractivity contribution in [3.8, 4) is 0 Å². The molecule has 1 aliphatic carbocycles. The Morgan fingerprint density at radius 3 is 2.30 bits per heavy atom. The molecule has 0 bridgehead atoms. The zero-order valence-corrected chi connectivity index (χ0v) is 6.05. The number of carbonyl (C=O) groups is 1. The van der Waals surface area contributed by atoms with Crippen LogP contribution in [0.2, 0.25) is 0 Å². The molecule has 1 saturated carbocycles. The van der Waals surface area contributed by atoms with Gasteiger partial charge in [-0.1, -0.05) is 0 Å². The fraction of sp³-hybridized carbons (Fsp3) is 0.875. The van der Waals surface area contributed by atoms with E-state index in [1.54, 1.807) is 0 Å². The summed E-state index contributed by atoms with van der Waals surface area (Å²) in [6.45, 7) is 2.30. The summed E-state index contributed by atoms with van der Waals surface area (Å²) in [4.78, 5) is 10.4. The molecule has 1 saturated heterocycles. The van der Waals surface area contributed by atoms with E-state index in [9.17, 15) is 4.79 Å². The number of carbonyl (C=O) groups excluding carboxylic acids is 1. The second-order valence-electron chi connectivity index (χ2n) is 3.55. The minimum Gasteiger partial charge on any atom is -0.316 e. The summed E-state index contributed by atoms with van der Waals surface area (Å²) in [5.74, 6) is 2.02. The molecular weight excluding hydrogens is 126 g/mol. The van der Waals surface area contributed by atoms with Crippen LogP contribution in [0.4, 0.5) is 0 Å². The van der Waals surface area contributed by atoms with Crippen LogP contribution in [-0.4, -0.2) is 19.4 Å². The Kier molecular flexibility index (Phi) is 1.49. The summed E-state index contributed by atoms with van der Waals surface area (Å²) >= 11 is 0. The van der Waals surface area contributed by atoms with E-state index in [1.165, 1.54) is 0 Å². The molecule has 0 aromatic rings. The predicted octanol–water partition coefficient (Wildman–Crippen LogP) is 0.431. The third-order valence-corrected chi connectivity index (χ3v) is 2.88. The molecule has 56 valence electrons. The molecule has 1 N–H and O–H groups in total. The Bertz CT molecular complexity index is 134. The van der Waals surface area contributed by atoms with Crippen molar-refractivity contribution in [2.45, 2.75) is 12.8 Å². The van der Waals surface area contributed by atoms with Gasteiger partial charge in [0, 0.05) is 5.92 Å². The Morgan fingerprint density at radius 2 is 1.80 bits per heavy atom. The number of hydrogen-bond donors (Lipinski definition) is 1. The maximum atomic E-state index is 10.4. The molecule has 0 spiro atoms. The van der Waals surface area contributed by atoms with Crippen molar-refractivity contribution < 1.29 is 4.79 Å². The molecule has 0 aromatic heterocycles. The van der Waals surface area contributed by atoms with E-state index in [0.29, 0.717) is 5.92 Å². The van der Waals surface area contributed by atoms with Crippen LogP contribution >= 0.6 is 0 Å². The second-order valence-corrected chi connectivity index (χ2v) is 3.55. The maximum absolute atomic E-state index is 10.4. The Labute approximate surface area is 61.0 Å². The lowest BCUT2D eigenvalue weighted by Crippen LogP contribution is -2.12. The summed E-state index contributed by atoms with van der Waals surface area (Å²) in [6.07, 6.45) is 3.42. The van der Waals surface area contributed by atoms with Crippen LogP contribution in [-0.2, 0) is 4.79 Å². The molecule has 10 heavy (non-hydrogen) atoms. The first-order chi connectivity index (χ1) is 4.90. The van der Waals surface area contributed by atoms with Crippen molar-refractivity contribution in [2.75, 3.05) is 13.1 Å². The van der Waals surface area contributed by atoms with Crippen molar-refractivity contribution >= 4 is 6.29 Å². The monoisotopic (exact) mass is 139 g/mol. The molecule has 0 aromatic carbocycles. The first-order valence-corrected chi connectivity index (χ1v) is 4.06. The Morgan fingerprint density at radius 1 is 1.20 bits per heavy atom. The summed E-state index contributed by atoms with van der Waals surface area (Å²) in [5.41, 5.74) is 0. The first kappa shape index (κ1) is 6.35. The highest BCUT2D eigenvalue weighted by molar-refractivity contribution is 5.54. The average Bonchev–Trinajstić information content (AvgIpc) is 2.42. The Balaban J connectivity index is 1.99. The molecule has 2 fully saturated rings. The fourth-order valence-electron chi connectivity index (χ4n) is 2.32. The molecular formula is C8H13NO. The molecule has 1 heterocycles. The largest absolute Gasteiger partial charge is 0.316 e. The van der Waals surface area contributed by atoms with Gasteiger partial charge in [0.25, 0.3) is 0 Å². The van der Waals surface area contributed by atoms with Crippen LogP contribution < -0.4 is 5.32 Å². The molecule has 0 amide bonds. The third kappa shape index (κ3) is 0.870. The van der Waals surface area contributed by atoms with Gasteiger partial charge in [0.15, 0.2) is 0 Å². The molecule has 1 aliphatic heterocycles. The second kappa shape index (κ2) is 2.35. The topological polar surface area (TPSA) is 29.1 Å². The number of aldehydes is 1. The van der Waals surface area contributed by atoms with Crippen LogP contribution in [0.25, 0.3) is 0 Å². The van der Waals surface area contributed by atoms with E-state index in [-0.39, 0.29) is 0 Å². The van der Waals surface area contributed by atoms with Gasteiger partial charge in [0.2, 0.25) is 0 Å². The van der Waals surface area contributed by atoms with Gasteiger partial charge in [0.05, 0.1) is 0 Å². The standard InChI is InChI=1S/C8H13NO/c10-5-6-1-7-3-9-4-8(7)2-6/h5-9H,1-4H2. The van der Waals surface area contributed by atoms with Crippen molar-refractivity contribution in [1.82, 2.24) is 5.32 Å². The van der Waals surface area contributed by atoms with Crippen molar-refractivity contribution in [3.63, 3.8) is 0 Å². The summed E-state index contributed by atoms with van der Waals surface area (Å²) in [6, 6.07) is 0. The van der Waals surface area contributed by atoms with Gasteiger partial charge in [-0.3, -0.25) is 0 Å². The van der Waals surface area contributed by atoms with Crippen molar-refractivity contribution in [2.24, 2.45) is 17.8 Å². The number of fused-ring (bicyclic) bond motifs is 1. The van der Waals surface area contributed by atoms with E-state index in [2.05, 4.69) is 5.32 Å². The Hall–Kier alpha value is -0.370. The van der Waals surface area contributed by atoms with Crippen LogP contribution in [0.1, 0.15) is 12.8 Å². The van der Waals surface area contributed by atoms with E-state index in [1.807, 2.05) is 0 Å². The molecule has 2 nitrogen and oxygen atoms in total. The summed E-state index contributed by atoms with van der Waals surface area (Å²) in [7, 11) is 0. The smallest absolute Gasteiger partial charge is 0.123 e. The molecule has 2 heteroatoms. The lowest BCUT2D eigenvalue weighted by atomic mass is 10.0. The normalized spacial score (nSPS) is 45.4. The highest BCUT2D eigenvalue weighted by Crippen LogP contribution is 2.37. The average molecular weight is 139 g/mol. The number of nitrogens with one attached hydrogen (secondary N) is 1. The highest BCUT2D eigenvalue weighted by atomic mass is 16.1. The van der Waals surface area contributed by atoms with Gasteiger partial charge in [-0.15, -0.1) is 0 Å². The van der Waals surface area contributed by atoms with Gasteiger partial charge in [-0.2, -0.15) is 0 Å². The van der Waals surface area contributed by atoms with Crippen molar-refractivity contribution in [3.05, 3.63) is 0 Å². The first-order valence-electron chi connectivity index (χ1n) is 4.06. The quantitative estimate of drug-likeness (QED) is 0.534. The van der Waals surface area contributed by atoms with E-state index >= 15 is 0 Å². The highest BCUT2D eigenvalue weighted by Gasteiger charge is 2.36. The molecule has 2 rings (SSSR count). The lowest BCUT2D eigenvalue weighted by molar-refractivity contribution is -0.111. The number of hydrogen-bond acceptors (Lipinski definition) is 2. The van der Waals surface area contributed by atoms with Gasteiger partial charge in [-0.05, 0) is 37.8 Å². The number of rotatable bonds is 1. The molecule has 2 aliphatic rings. The van der Waals surface area contributed by atoms with Crippen molar-refractivity contribution in [1.29, 1.82) is 0 Å². The van der Waals surface area contributed by atoms with Gasteiger partial charge < -0.3 is 10.1 Å². The fourth-order valence-corrected chi connectivity index (χ4v) is 2.32. The van der Waals surface area contributed by atoms with Crippen LogP contribution in [0.15, 0.2) is 0 Å². The van der Waals surface area contributed by atoms with E-state index < -0.39 is 0 Å². The minimum atomic E-state index is 0.386. The lowest BCUT2D eigenvalue weighted by Gasteiger charge is -2.02. The van der Waals surface area contributed by atoms with E-state index in [4.69, 9.17) is 0 Å². The predicted molar refractivity (Wildman–Crippen MR) is 38.6 cm³/mol. The van der Waals surface area contributed by atoms with Crippen LogP contribution in [0.5, 0.6) is 0 Å². The molecule has 2 unspecified atom stereocenters. The van der Waals surface area contributed by atoms with Crippen LogP contribution in [0.3, 0.4) is 0 Å². The van der Waals surface area contributed by atoms with E-state index in [0.717, 1.165) is 44.1 Å². The summed E-state index contributed by atoms with van der Waals surface area (Å²) in [5, 5.41) is 3.35. The maximum Gasteiger partial charge on any atom is 0.123 e. The summed E-state index contributed by atoms with van der Waals surface area (Å²) < 4.78 is 0. The SMILES string of the molecule is O=CC1CC2CNCC2C1. The third-order valence-electron chi connectivity index (χ3n) is 2.88. The molecule has 2 atom stereocenters. The van der Waals surface area contributed by atoms with Crippen LogP contribution in [0, 0.1) is 17.8 Å². The zero-order valence-electron chi connectivity index (χ0n) is 6.05. The minimum absolute atomic E-state index is 0.386. The molecule has 0 radical (unpaired) electrons. The zero-order chi connectivity index (χ0) is 6.97.